The molecule has 1 unspecified atom stereocenters. The van der Waals surface area contributed by atoms with Crippen molar-refractivity contribution in [2.45, 2.75) is 33.3 Å². The molecule has 7 heteroatoms. The lowest BCUT2D eigenvalue weighted by molar-refractivity contribution is 0.0525. The van der Waals surface area contributed by atoms with Gasteiger partial charge in [-0.3, -0.25) is 0 Å². The molecule has 7 nitrogen and oxygen atoms in total. The molecule has 1 atom stereocenters. The van der Waals surface area contributed by atoms with E-state index in [0.29, 0.717) is 31.1 Å². The third kappa shape index (κ3) is 3.93. The first-order chi connectivity index (χ1) is 9.72. The summed E-state index contributed by atoms with van der Waals surface area (Å²) in [5.74, 6) is 1.21. The average Bonchev–Trinajstić information content (AvgIpc) is 2.45. The van der Waals surface area contributed by atoms with Crippen LogP contribution < -0.4 is 15.0 Å². The summed E-state index contributed by atoms with van der Waals surface area (Å²) in [5.41, 5.74) is 0. The summed E-state index contributed by atoms with van der Waals surface area (Å²) in [6, 6.07) is 0.381. The van der Waals surface area contributed by atoms with E-state index in [4.69, 9.17) is 9.47 Å². The molecular formula is C13H23N5O2. The van der Waals surface area contributed by atoms with Crippen molar-refractivity contribution < 1.29 is 9.47 Å². The van der Waals surface area contributed by atoms with E-state index >= 15 is 0 Å². The number of rotatable bonds is 6. The molecule has 1 aliphatic heterocycles. The van der Waals surface area contributed by atoms with Crippen molar-refractivity contribution in [2.75, 3.05) is 43.1 Å². The molecule has 0 aromatic carbocycles. The molecule has 1 aliphatic rings. The van der Waals surface area contributed by atoms with Crippen LogP contribution in [0.1, 0.15) is 27.2 Å². The molecule has 1 saturated heterocycles. The lowest BCUT2D eigenvalue weighted by atomic mass is 10.3. The highest BCUT2D eigenvalue weighted by atomic mass is 16.5. The zero-order valence-corrected chi connectivity index (χ0v) is 12.4. The maximum atomic E-state index is 5.54. The van der Waals surface area contributed by atoms with Crippen LogP contribution in [-0.4, -0.2) is 53.9 Å². The fourth-order valence-electron chi connectivity index (χ4n) is 1.98. The first-order valence-electron chi connectivity index (χ1n) is 7.22. The molecule has 1 aromatic heterocycles. The van der Waals surface area contributed by atoms with Gasteiger partial charge in [-0.25, -0.2) is 0 Å². The Morgan fingerprint density at radius 1 is 1.35 bits per heavy atom. The van der Waals surface area contributed by atoms with Gasteiger partial charge in [0.05, 0.1) is 19.3 Å². The van der Waals surface area contributed by atoms with Crippen molar-refractivity contribution in [1.82, 2.24) is 15.0 Å². The van der Waals surface area contributed by atoms with Crippen molar-refractivity contribution >= 4 is 11.9 Å². The number of aromatic nitrogens is 3. The predicted octanol–water partition coefficient (Wildman–Crippen LogP) is 1.32. The Kier molecular flexibility index (Phi) is 5.34. The summed E-state index contributed by atoms with van der Waals surface area (Å²) in [6.07, 6.45) is 1.11. The summed E-state index contributed by atoms with van der Waals surface area (Å²) >= 11 is 0. The Labute approximate surface area is 119 Å². The Bertz CT molecular complexity index is 429. The summed E-state index contributed by atoms with van der Waals surface area (Å²) in [6.45, 7) is 9.73. The third-order valence-electron chi connectivity index (χ3n) is 2.90. The largest absolute Gasteiger partial charge is 0.463 e. The van der Waals surface area contributed by atoms with Gasteiger partial charge in [-0.1, -0.05) is 6.92 Å². The Balaban J connectivity index is 2.18. The minimum atomic E-state index is 0.183. The molecule has 0 aliphatic carbocycles. The van der Waals surface area contributed by atoms with Gasteiger partial charge in [0.2, 0.25) is 11.9 Å². The number of hydrogen-bond acceptors (Lipinski definition) is 7. The zero-order chi connectivity index (χ0) is 14.4. The maximum absolute atomic E-state index is 5.54. The van der Waals surface area contributed by atoms with E-state index < -0.39 is 0 Å². The maximum Gasteiger partial charge on any atom is 0.323 e. The van der Waals surface area contributed by atoms with Crippen molar-refractivity contribution in [1.29, 1.82) is 0 Å². The number of nitrogens with zero attached hydrogens (tertiary/aromatic N) is 4. The number of hydrogen-bond donors (Lipinski definition) is 1. The zero-order valence-electron chi connectivity index (χ0n) is 12.4. The molecular weight excluding hydrogens is 258 g/mol. The van der Waals surface area contributed by atoms with E-state index in [1.165, 1.54) is 0 Å². The quantitative estimate of drug-likeness (QED) is 0.843. The lowest BCUT2D eigenvalue weighted by Crippen LogP contribution is -2.42. The van der Waals surface area contributed by atoms with E-state index in [1.807, 2.05) is 13.8 Å². The Hall–Kier alpha value is -1.63. The van der Waals surface area contributed by atoms with Crippen molar-refractivity contribution in [3.05, 3.63) is 0 Å². The van der Waals surface area contributed by atoms with Crippen LogP contribution in [0.3, 0.4) is 0 Å². The summed E-state index contributed by atoms with van der Waals surface area (Å²) in [7, 11) is 0. The normalized spacial score (nSPS) is 18.9. The third-order valence-corrected chi connectivity index (χ3v) is 2.90. The topological polar surface area (TPSA) is 72.4 Å². The Morgan fingerprint density at radius 3 is 2.90 bits per heavy atom. The van der Waals surface area contributed by atoms with Crippen molar-refractivity contribution in [3.63, 3.8) is 0 Å². The molecule has 1 fully saturated rings. The second-order valence-electron chi connectivity index (χ2n) is 4.75. The van der Waals surface area contributed by atoms with E-state index in [9.17, 15) is 0 Å². The first-order valence-corrected chi connectivity index (χ1v) is 7.22. The highest BCUT2D eigenvalue weighted by Crippen LogP contribution is 2.17. The summed E-state index contributed by atoms with van der Waals surface area (Å²) < 4.78 is 11.1. The van der Waals surface area contributed by atoms with Crippen LogP contribution in [0.5, 0.6) is 6.01 Å². The van der Waals surface area contributed by atoms with Crippen LogP contribution in [0.4, 0.5) is 11.9 Å². The van der Waals surface area contributed by atoms with Gasteiger partial charge in [-0.15, -0.1) is 0 Å². The highest BCUT2D eigenvalue weighted by Gasteiger charge is 2.20. The Morgan fingerprint density at radius 2 is 2.20 bits per heavy atom. The fraction of sp³-hybridized carbons (Fsp3) is 0.769. The number of morpholine rings is 1. The smallest absolute Gasteiger partial charge is 0.323 e. The monoisotopic (exact) mass is 281 g/mol. The molecule has 2 rings (SSSR count). The molecule has 0 saturated carbocycles. The van der Waals surface area contributed by atoms with E-state index in [1.54, 1.807) is 0 Å². The van der Waals surface area contributed by atoms with Gasteiger partial charge in [-0.2, -0.15) is 15.0 Å². The number of anilines is 2. The summed E-state index contributed by atoms with van der Waals surface area (Å²) in [5, 5.41) is 3.11. The molecule has 0 spiro atoms. The van der Waals surface area contributed by atoms with Crippen LogP contribution in [-0.2, 0) is 4.74 Å². The summed E-state index contributed by atoms with van der Waals surface area (Å²) in [4.78, 5) is 15.2. The van der Waals surface area contributed by atoms with Gasteiger partial charge in [0.1, 0.15) is 0 Å². The molecule has 0 bridgehead atoms. The minimum absolute atomic E-state index is 0.183. The van der Waals surface area contributed by atoms with Gasteiger partial charge >= 0.3 is 6.01 Å². The van der Waals surface area contributed by atoms with Gasteiger partial charge < -0.3 is 19.7 Å². The molecule has 112 valence electrons. The van der Waals surface area contributed by atoms with Gasteiger partial charge in [0, 0.05) is 19.6 Å². The van der Waals surface area contributed by atoms with Crippen LogP contribution in [0.15, 0.2) is 0 Å². The molecule has 1 N–H and O–H groups in total. The van der Waals surface area contributed by atoms with Gasteiger partial charge in [0.25, 0.3) is 0 Å². The van der Waals surface area contributed by atoms with Crippen molar-refractivity contribution in [2.24, 2.45) is 0 Å². The van der Waals surface area contributed by atoms with E-state index in [0.717, 1.165) is 26.1 Å². The van der Waals surface area contributed by atoms with Crippen LogP contribution in [0.25, 0.3) is 0 Å². The second-order valence-corrected chi connectivity index (χ2v) is 4.75. The molecule has 2 heterocycles. The van der Waals surface area contributed by atoms with Gasteiger partial charge in [-0.05, 0) is 20.3 Å². The lowest BCUT2D eigenvalue weighted by Gasteiger charge is -2.31. The van der Waals surface area contributed by atoms with Crippen LogP contribution >= 0.6 is 0 Å². The van der Waals surface area contributed by atoms with Crippen LogP contribution in [0.2, 0.25) is 0 Å². The second kappa shape index (κ2) is 7.23. The first kappa shape index (κ1) is 14.8. The van der Waals surface area contributed by atoms with Gasteiger partial charge in [0.15, 0.2) is 0 Å². The van der Waals surface area contributed by atoms with E-state index in [-0.39, 0.29) is 6.10 Å². The highest BCUT2D eigenvalue weighted by molar-refractivity contribution is 5.38. The standard InChI is InChI=1S/C13H23N5O2/c1-4-7-20-13-16-11(14-5-2)15-12(17-13)18-6-8-19-10(3)9-18/h10H,4-9H2,1-3H3,(H,14,15,16,17). The van der Waals surface area contributed by atoms with E-state index in [2.05, 4.69) is 32.1 Å². The van der Waals surface area contributed by atoms with Crippen LogP contribution in [0, 0.1) is 0 Å². The molecule has 0 amide bonds. The fourth-order valence-corrected chi connectivity index (χ4v) is 1.98. The SMILES string of the molecule is CCCOc1nc(NCC)nc(N2CCOC(C)C2)n1. The minimum Gasteiger partial charge on any atom is -0.463 e. The number of nitrogens with one attached hydrogen (secondary N) is 1. The predicted molar refractivity (Wildman–Crippen MR) is 77.4 cm³/mol. The molecule has 20 heavy (non-hydrogen) atoms. The molecule has 0 radical (unpaired) electrons. The number of ether oxygens (including phenoxy) is 2. The van der Waals surface area contributed by atoms with Crippen molar-refractivity contribution in [3.8, 4) is 6.01 Å². The molecule has 1 aromatic rings. The average molecular weight is 281 g/mol.